The topological polar surface area (TPSA) is 172 Å². The number of benzene rings is 3. The van der Waals surface area contributed by atoms with Crippen molar-refractivity contribution in [1.29, 1.82) is 0 Å². The Labute approximate surface area is 239 Å². The van der Waals surface area contributed by atoms with E-state index in [4.69, 9.17) is 21.0 Å². The second-order valence-electron chi connectivity index (χ2n) is 8.67. The van der Waals surface area contributed by atoms with Crippen molar-refractivity contribution in [2.75, 3.05) is 13.2 Å². The molecule has 0 unspecified atom stereocenters. The molecule has 3 aromatic rings. The molecule has 0 aliphatic heterocycles. The number of oxime groups is 1. The summed E-state index contributed by atoms with van der Waals surface area (Å²) in [6, 6.07) is 18.8. The average molecular weight is 609 g/mol. The zero-order chi connectivity index (χ0) is 30.8. The maximum absolute atomic E-state index is 13.1. The standard InChI is InChI=1S/C27H27F3N4O7S/c28-27(29,30)25(36)41-24(35)23(17-18-7-11-21(12-8-18)39-15-4-16-40-33-26(31)32)34-42(37,38)22-13-9-20(10-14-22)19-5-2-1-3-6-19/h1-3,5-14,23,34H,4,15-17H2,(H4,31,32,33)/t23-/m0/s1. The quantitative estimate of drug-likeness (QED) is 0.0659. The molecule has 11 nitrogen and oxygen atoms in total. The molecule has 42 heavy (non-hydrogen) atoms. The lowest BCUT2D eigenvalue weighted by atomic mass is 10.1. The normalized spacial score (nSPS) is 12.2. The fourth-order valence-corrected chi connectivity index (χ4v) is 4.68. The maximum atomic E-state index is 13.1. The van der Waals surface area contributed by atoms with Crippen LogP contribution in [0.25, 0.3) is 11.1 Å². The van der Waals surface area contributed by atoms with Gasteiger partial charge in [-0.3, -0.25) is 0 Å². The van der Waals surface area contributed by atoms with E-state index in [1.807, 2.05) is 30.3 Å². The van der Waals surface area contributed by atoms with Crippen molar-refractivity contribution in [3.8, 4) is 16.9 Å². The minimum absolute atomic E-state index is 0.186. The lowest BCUT2D eigenvalue weighted by molar-refractivity contribution is -0.202. The Morgan fingerprint density at radius 3 is 2.10 bits per heavy atom. The van der Waals surface area contributed by atoms with E-state index in [0.717, 1.165) is 5.56 Å². The molecule has 0 saturated carbocycles. The summed E-state index contributed by atoms with van der Waals surface area (Å²) in [6.07, 6.45) is -5.45. The predicted octanol–water partition coefficient (Wildman–Crippen LogP) is 2.85. The fourth-order valence-electron chi connectivity index (χ4n) is 3.50. The molecule has 0 amide bonds. The molecule has 0 heterocycles. The summed E-state index contributed by atoms with van der Waals surface area (Å²) in [5, 5.41) is 3.36. The molecule has 0 saturated heterocycles. The number of rotatable bonds is 13. The Balaban J connectivity index is 1.72. The Morgan fingerprint density at radius 1 is 0.881 bits per heavy atom. The Bertz CT molecular complexity index is 1480. The Kier molecular flexibility index (Phi) is 10.9. The highest BCUT2D eigenvalue weighted by molar-refractivity contribution is 7.89. The van der Waals surface area contributed by atoms with Gasteiger partial charge in [-0.1, -0.05) is 54.6 Å². The van der Waals surface area contributed by atoms with E-state index < -0.39 is 40.6 Å². The van der Waals surface area contributed by atoms with Gasteiger partial charge < -0.3 is 25.8 Å². The van der Waals surface area contributed by atoms with E-state index >= 15 is 0 Å². The summed E-state index contributed by atoms with van der Waals surface area (Å²) in [4.78, 5) is 28.4. The molecule has 0 bridgehead atoms. The van der Waals surface area contributed by atoms with Crippen LogP contribution >= 0.6 is 0 Å². The second-order valence-corrected chi connectivity index (χ2v) is 10.4. The fraction of sp³-hybridized carbons (Fsp3) is 0.222. The summed E-state index contributed by atoms with van der Waals surface area (Å²) in [6.45, 7) is 0.419. The van der Waals surface area contributed by atoms with Gasteiger partial charge in [-0.2, -0.15) is 17.9 Å². The number of hydrogen-bond donors (Lipinski definition) is 3. The molecule has 224 valence electrons. The Hall–Kier alpha value is -4.63. The third-order valence-electron chi connectivity index (χ3n) is 5.46. The second kappa shape index (κ2) is 14.3. The van der Waals surface area contributed by atoms with E-state index in [0.29, 0.717) is 23.3 Å². The van der Waals surface area contributed by atoms with E-state index in [1.54, 1.807) is 0 Å². The van der Waals surface area contributed by atoms with Crippen LogP contribution in [0.5, 0.6) is 5.75 Å². The van der Waals surface area contributed by atoms with Crippen molar-refractivity contribution in [1.82, 2.24) is 4.72 Å². The molecule has 1 atom stereocenters. The van der Waals surface area contributed by atoms with E-state index in [1.165, 1.54) is 48.5 Å². The highest BCUT2D eigenvalue weighted by Gasteiger charge is 2.43. The molecule has 0 radical (unpaired) electrons. The van der Waals surface area contributed by atoms with Gasteiger partial charge in [-0.25, -0.2) is 18.0 Å². The van der Waals surface area contributed by atoms with Crippen LogP contribution in [0.1, 0.15) is 12.0 Å². The van der Waals surface area contributed by atoms with Gasteiger partial charge in [0.15, 0.2) is 0 Å². The molecular formula is C27H27F3N4O7S. The molecule has 0 aliphatic carbocycles. The largest absolute Gasteiger partial charge is 0.493 e. The van der Waals surface area contributed by atoms with Crippen molar-refractivity contribution < 1.29 is 45.5 Å². The predicted molar refractivity (Wildman–Crippen MR) is 145 cm³/mol. The summed E-state index contributed by atoms with van der Waals surface area (Å²) in [5.74, 6) is -4.30. The lowest BCUT2D eigenvalue weighted by Gasteiger charge is -2.18. The number of guanidine groups is 1. The summed E-state index contributed by atoms with van der Waals surface area (Å²) < 4.78 is 75.8. The zero-order valence-electron chi connectivity index (χ0n) is 21.9. The summed E-state index contributed by atoms with van der Waals surface area (Å²) in [7, 11) is -4.43. The van der Waals surface area contributed by atoms with Gasteiger partial charge in [-0.05, 0) is 52.5 Å². The van der Waals surface area contributed by atoms with Crippen LogP contribution < -0.4 is 20.9 Å². The molecule has 15 heteroatoms. The molecule has 3 aromatic carbocycles. The number of halogens is 3. The number of alkyl halides is 3. The number of hydrogen-bond acceptors (Lipinski definition) is 8. The number of carbonyl (C=O) groups is 2. The van der Waals surface area contributed by atoms with Crippen molar-refractivity contribution in [3.05, 3.63) is 84.4 Å². The van der Waals surface area contributed by atoms with Crippen molar-refractivity contribution in [2.45, 2.75) is 30.0 Å². The van der Waals surface area contributed by atoms with Gasteiger partial charge in [0.25, 0.3) is 0 Å². The molecule has 5 N–H and O–H groups in total. The maximum Gasteiger partial charge on any atom is 0.491 e. The number of ether oxygens (including phenoxy) is 2. The van der Waals surface area contributed by atoms with Crippen LogP contribution in [0, 0.1) is 0 Å². The minimum atomic E-state index is -5.46. The van der Waals surface area contributed by atoms with Crippen LogP contribution in [0.2, 0.25) is 0 Å². The number of esters is 2. The number of nitrogens with two attached hydrogens (primary N) is 2. The van der Waals surface area contributed by atoms with Crippen molar-refractivity contribution >= 4 is 27.9 Å². The first-order chi connectivity index (χ1) is 19.8. The first-order valence-electron chi connectivity index (χ1n) is 12.3. The molecular weight excluding hydrogens is 581 g/mol. The number of nitrogens with one attached hydrogen (secondary N) is 1. The highest BCUT2D eigenvalue weighted by Crippen LogP contribution is 2.22. The third-order valence-corrected chi connectivity index (χ3v) is 6.95. The SMILES string of the molecule is NC(N)=NOCCCOc1ccc(C[C@H](NS(=O)(=O)c2ccc(-c3ccccc3)cc2)C(=O)OC(=O)C(F)(F)F)cc1. The van der Waals surface area contributed by atoms with Gasteiger partial charge in [0.05, 0.1) is 11.5 Å². The van der Waals surface area contributed by atoms with Crippen LogP contribution in [-0.2, 0) is 35.6 Å². The van der Waals surface area contributed by atoms with Crippen LogP contribution in [-0.4, -0.2) is 51.7 Å². The first-order valence-corrected chi connectivity index (χ1v) is 13.8. The van der Waals surface area contributed by atoms with E-state index in [-0.39, 0.29) is 24.1 Å². The molecule has 0 aromatic heterocycles. The highest BCUT2D eigenvalue weighted by atomic mass is 32.2. The van der Waals surface area contributed by atoms with Crippen LogP contribution in [0.15, 0.2) is 88.9 Å². The van der Waals surface area contributed by atoms with Gasteiger partial charge in [-0.15, -0.1) is 0 Å². The summed E-state index contributed by atoms with van der Waals surface area (Å²) in [5.41, 5.74) is 12.1. The molecule has 0 aliphatic rings. The molecule has 0 spiro atoms. The smallest absolute Gasteiger partial charge is 0.491 e. The number of nitrogens with zero attached hydrogens (tertiary/aromatic N) is 1. The van der Waals surface area contributed by atoms with Gasteiger partial charge >= 0.3 is 18.1 Å². The average Bonchev–Trinajstić information content (AvgIpc) is 2.95. The molecule has 0 fully saturated rings. The lowest BCUT2D eigenvalue weighted by Crippen LogP contribution is -2.45. The first kappa shape index (κ1) is 31.9. The van der Waals surface area contributed by atoms with E-state index in [2.05, 4.69) is 14.6 Å². The summed E-state index contributed by atoms with van der Waals surface area (Å²) >= 11 is 0. The van der Waals surface area contributed by atoms with Gasteiger partial charge in [0, 0.05) is 6.42 Å². The van der Waals surface area contributed by atoms with Gasteiger partial charge in [0.1, 0.15) is 18.4 Å². The number of carbonyl (C=O) groups excluding carboxylic acids is 2. The Morgan fingerprint density at radius 2 is 1.50 bits per heavy atom. The number of sulfonamides is 1. The zero-order valence-corrected chi connectivity index (χ0v) is 22.7. The van der Waals surface area contributed by atoms with Gasteiger partial charge in [0.2, 0.25) is 16.0 Å². The van der Waals surface area contributed by atoms with Crippen molar-refractivity contribution in [3.63, 3.8) is 0 Å². The van der Waals surface area contributed by atoms with E-state index in [9.17, 15) is 31.2 Å². The monoisotopic (exact) mass is 608 g/mol. The van der Waals surface area contributed by atoms with Crippen molar-refractivity contribution in [2.24, 2.45) is 16.6 Å². The molecule has 3 rings (SSSR count). The van der Waals surface area contributed by atoms with Crippen LogP contribution in [0.3, 0.4) is 0 Å². The van der Waals surface area contributed by atoms with Crippen LogP contribution in [0.4, 0.5) is 13.2 Å². The third kappa shape index (κ3) is 9.78. The minimum Gasteiger partial charge on any atom is -0.493 e.